The van der Waals surface area contributed by atoms with E-state index in [1.165, 1.54) is 10.4 Å². The van der Waals surface area contributed by atoms with Crippen LogP contribution in [0.5, 0.6) is 0 Å². The molecule has 28 heavy (non-hydrogen) atoms. The average Bonchev–Trinajstić information content (AvgIpc) is 3.23. The zero-order chi connectivity index (χ0) is 19.2. The van der Waals surface area contributed by atoms with Crippen LogP contribution in [0.15, 0.2) is 72.8 Å². The normalized spacial score (nSPS) is 14.4. The number of hydrogen-bond acceptors (Lipinski definition) is 4. The van der Waals surface area contributed by atoms with Crippen LogP contribution in [-0.2, 0) is 9.53 Å². The maximum atomic E-state index is 12.5. The molecule has 3 aromatic rings. The van der Waals surface area contributed by atoms with Gasteiger partial charge in [0.15, 0.2) is 0 Å². The van der Waals surface area contributed by atoms with Crippen molar-refractivity contribution in [1.29, 1.82) is 0 Å². The fourth-order valence-electron chi connectivity index (χ4n) is 3.19. The molecule has 2 aromatic carbocycles. The van der Waals surface area contributed by atoms with E-state index in [-0.39, 0.29) is 5.91 Å². The highest BCUT2D eigenvalue weighted by atomic mass is 32.1. The van der Waals surface area contributed by atoms with Gasteiger partial charge in [-0.1, -0.05) is 42.5 Å². The molecule has 0 aliphatic carbocycles. The second kappa shape index (κ2) is 8.87. The molecule has 0 saturated carbocycles. The number of amides is 1. The summed E-state index contributed by atoms with van der Waals surface area (Å²) in [5, 5.41) is 3.01. The summed E-state index contributed by atoms with van der Waals surface area (Å²) in [6, 6.07) is 22.3. The Morgan fingerprint density at radius 3 is 2.54 bits per heavy atom. The van der Waals surface area contributed by atoms with Crippen LogP contribution in [0, 0.1) is 0 Å². The quantitative estimate of drug-likeness (QED) is 0.630. The first-order valence-corrected chi connectivity index (χ1v) is 10.2. The standard InChI is InChI=1S/C23H22N2O2S/c26-23(13-11-19-10-12-22(28-19)18-6-2-1-3-7-18)24-20-8-4-5-9-21(20)25-14-16-27-17-15-25/h1-13H,14-17H2,(H,24,26)/b13-11+. The molecule has 1 aromatic heterocycles. The molecule has 142 valence electrons. The monoisotopic (exact) mass is 390 g/mol. The predicted octanol–water partition coefficient (Wildman–Crippen LogP) is 4.90. The summed E-state index contributed by atoms with van der Waals surface area (Å²) in [6.45, 7) is 3.09. The van der Waals surface area contributed by atoms with E-state index >= 15 is 0 Å². The van der Waals surface area contributed by atoms with Gasteiger partial charge in [-0.2, -0.15) is 0 Å². The molecule has 1 saturated heterocycles. The van der Waals surface area contributed by atoms with Crippen LogP contribution < -0.4 is 10.2 Å². The van der Waals surface area contributed by atoms with Gasteiger partial charge in [0.2, 0.25) is 5.91 Å². The van der Waals surface area contributed by atoms with Crippen LogP contribution in [0.25, 0.3) is 16.5 Å². The Balaban J connectivity index is 1.43. The molecule has 1 N–H and O–H groups in total. The van der Waals surface area contributed by atoms with Crippen molar-refractivity contribution in [2.75, 3.05) is 36.5 Å². The molecule has 1 aliphatic rings. The first kappa shape index (κ1) is 18.5. The maximum absolute atomic E-state index is 12.5. The van der Waals surface area contributed by atoms with Crippen molar-refractivity contribution >= 4 is 34.7 Å². The Kier molecular flexibility index (Phi) is 5.85. The van der Waals surface area contributed by atoms with Gasteiger partial charge in [-0.15, -0.1) is 11.3 Å². The van der Waals surface area contributed by atoms with Gasteiger partial charge in [-0.05, 0) is 35.9 Å². The number of carbonyl (C=O) groups is 1. The first-order valence-electron chi connectivity index (χ1n) is 9.36. The van der Waals surface area contributed by atoms with E-state index in [2.05, 4.69) is 28.4 Å². The fraction of sp³-hybridized carbons (Fsp3) is 0.174. The Morgan fingerprint density at radius 1 is 0.964 bits per heavy atom. The van der Waals surface area contributed by atoms with Crippen LogP contribution >= 0.6 is 11.3 Å². The Hall–Kier alpha value is -2.89. The molecule has 1 aliphatic heterocycles. The van der Waals surface area contributed by atoms with Crippen molar-refractivity contribution in [1.82, 2.24) is 0 Å². The summed E-state index contributed by atoms with van der Waals surface area (Å²) < 4.78 is 5.42. The first-order chi connectivity index (χ1) is 13.8. The highest BCUT2D eigenvalue weighted by Crippen LogP contribution is 2.29. The van der Waals surface area contributed by atoms with Gasteiger partial charge < -0.3 is 15.0 Å². The van der Waals surface area contributed by atoms with Gasteiger partial charge in [0.05, 0.1) is 24.6 Å². The van der Waals surface area contributed by atoms with Gasteiger partial charge >= 0.3 is 0 Å². The fourth-order valence-corrected chi connectivity index (χ4v) is 4.11. The third-order valence-electron chi connectivity index (χ3n) is 4.60. The molecule has 4 rings (SSSR count). The van der Waals surface area contributed by atoms with Gasteiger partial charge in [-0.25, -0.2) is 0 Å². The highest BCUT2D eigenvalue weighted by molar-refractivity contribution is 7.16. The molecule has 5 heteroatoms. The summed E-state index contributed by atoms with van der Waals surface area (Å²) in [7, 11) is 0. The maximum Gasteiger partial charge on any atom is 0.248 e. The summed E-state index contributed by atoms with van der Waals surface area (Å²) in [5.41, 5.74) is 3.06. The van der Waals surface area contributed by atoms with E-state index in [4.69, 9.17) is 4.74 Å². The van der Waals surface area contributed by atoms with Crippen molar-refractivity contribution in [3.05, 3.63) is 77.7 Å². The predicted molar refractivity (Wildman–Crippen MR) is 117 cm³/mol. The molecule has 0 spiro atoms. The lowest BCUT2D eigenvalue weighted by Gasteiger charge is -2.30. The topological polar surface area (TPSA) is 41.6 Å². The molecule has 0 unspecified atom stereocenters. The van der Waals surface area contributed by atoms with Crippen LogP contribution in [0.3, 0.4) is 0 Å². The van der Waals surface area contributed by atoms with E-state index in [9.17, 15) is 4.79 Å². The zero-order valence-corrected chi connectivity index (χ0v) is 16.3. The van der Waals surface area contributed by atoms with Crippen molar-refractivity contribution < 1.29 is 9.53 Å². The van der Waals surface area contributed by atoms with Crippen LogP contribution in [0.2, 0.25) is 0 Å². The highest BCUT2D eigenvalue weighted by Gasteiger charge is 2.15. The summed E-state index contributed by atoms with van der Waals surface area (Å²) in [5.74, 6) is -0.129. The van der Waals surface area contributed by atoms with Crippen molar-refractivity contribution in [2.45, 2.75) is 0 Å². The lowest BCUT2D eigenvalue weighted by atomic mass is 10.2. The molecule has 0 atom stereocenters. The number of ether oxygens (including phenoxy) is 1. The van der Waals surface area contributed by atoms with Gasteiger partial charge in [0.1, 0.15) is 0 Å². The van der Waals surface area contributed by atoms with Crippen LogP contribution in [-0.4, -0.2) is 32.2 Å². The molecule has 2 heterocycles. The summed E-state index contributed by atoms with van der Waals surface area (Å²) >= 11 is 1.67. The lowest BCUT2D eigenvalue weighted by molar-refractivity contribution is -0.111. The molecule has 1 fully saturated rings. The summed E-state index contributed by atoms with van der Waals surface area (Å²) in [6.07, 6.45) is 3.46. The number of nitrogens with one attached hydrogen (secondary N) is 1. The molecule has 0 radical (unpaired) electrons. The second-order valence-electron chi connectivity index (χ2n) is 6.51. The molecule has 0 bridgehead atoms. The largest absolute Gasteiger partial charge is 0.378 e. The van der Waals surface area contributed by atoms with Crippen molar-refractivity contribution in [3.8, 4) is 10.4 Å². The number of anilines is 2. The number of morpholine rings is 1. The molecular formula is C23H22N2O2S. The number of para-hydroxylation sites is 2. The summed E-state index contributed by atoms with van der Waals surface area (Å²) in [4.78, 5) is 16.9. The number of thiophene rings is 1. The van der Waals surface area contributed by atoms with Gasteiger partial charge in [0, 0.05) is 28.9 Å². The minimum atomic E-state index is -0.129. The van der Waals surface area contributed by atoms with E-state index in [0.29, 0.717) is 13.2 Å². The second-order valence-corrected chi connectivity index (χ2v) is 7.62. The lowest BCUT2D eigenvalue weighted by Crippen LogP contribution is -2.36. The number of carbonyl (C=O) groups excluding carboxylic acids is 1. The van der Waals surface area contributed by atoms with Crippen LogP contribution in [0.4, 0.5) is 11.4 Å². The minimum absolute atomic E-state index is 0.129. The minimum Gasteiger partial charge on any atom is -0.378 e. The SMILES string of the molecule is O=C(/C=C/c1ccc(-c2ccccc2)s1)Nc1ccccc1N1CCOCC1. The average molecular weight is 391 g/mol. The Morgan fingerprint density at radius 2 is 1.71 bits per heavy atom. The van der Waals surface area contributed by atoms with Crippen molar-refractivity contribution in [3.63, 3.8) is 0 Å². The van der Waals surface area contributed by atoms with E-state index in [1.54, 1.807) is 17.4 Å². The molecule has 4 nitrogen and oxygen atoms in total. The molecular weight excluding hydrogens is 368 g/mol. The van der Waals surface area contributed by atoms with Gasteiger partial charge in [0.25, 0.3) is 0 Å². The smallest absolute Gasteiger partial charge is 0.248 e. The van der Waals surface area contributed by atoms with E-state index < -0.39 is 0 Å². The zero-order valence-electron chi connectivity index (χ0n) is 15.5. The third-order valence-corrected chi connectivity index (χ3v) is 5.70. The third kappa shape index (κ3) is 4.50. The number of hydrogen-bond donors (Lipinski definition) is 1. The number of benzene rings is 2. The molecule has 1 amide bonds. The van der Waals surface area contributed by atoms with E-state index in [0.717, 1.165) is 29.3 Å². The Bertz CT molecular complexity index is 959. The Labute approximate surface area is 169 Å². The number of nitrogens with zero attached hydrogens (tertiary/aromatic N) is 1. The van der Waals surface area contributed by atoms with Crippen molar-refractivity contribution in [2.24, 2.45) is 0 Å². The van der Waals surface area contributed by atoms with E-state index in [1.807, 2.05) is 54.6 Å². The van der Waals surface area contributed by atoms with Gasteiger partial charge in [-0.3, -0.25) is 4.79 Å². The number of rotatable bonds is 5. The van der Waals surface area contributed by atoms with Crippen LogP contribution in [0.1, 0.15) is 4.88 Å².